The fraction of sp³-hybridized carbons (Fsp3) is 0.259. The standard InChI is InChI=1S/C27H30N2O3/c1-3-25(30)29(20-22-10-6-4-7-11-22)26(23-12-8-5-9-13-23)27(31)28-19-18-21-14-16-24(32-2)17-15-21/h4-17,26H,3,18-20H2,1-2H3,(H,28,31)/t26-/m0/s1. The van der Waals surface area contributed by atoms with Crippen molar-refractivity contribution in [2.45, 2.75) is 32.4 Å². The molecule has 32 heavy (non-hydrogen) atoms. The first kappa shape index (κ1) is 23.1. The summed E-state index contributed by atoms with van der Waals surface area (Å²) >= 11 is 0. The van der Waals surface area contributed by atoms with Crippen molar-refractivity contribution in [1.82, 2.24) is 10.2 Å². The third-order valence-corrected chi connectivity index (χ3v) is 5.37. The molecule has 1 N–H and O–H groups in total. The molecule has 0 radical (unpaired) electrons. The molecular weight excluding hydrogens is 400 g/mol. The van der Waals surface area contributed by atoms with Crippen molar-refractivity contribution >= 4 is 11.8 Å². The highest BCUT2D eigenvalue weighted by atomic mass is 16.5. The summed E-state index contributed by atoms with van der Waals surface area (Å²) < 4.78 is 5.19. The van der Waals surface area contributed by atoms with Crippen LogP contribution in [0.15, 0.2) is 84.9 Å². The third-order valence-electron chi connectivity index (χ3n) is 5.37. The minimum absolute atomic E-state index is 0.0620. The van der Waals surface area contributed by atoms with Gasteiger partial charge in [-0.05, 0) is 35.2 Å². The number of nitrogens with one attached hydrogen (secondary N) is 1. The number of benzene rings is 3. The zero-order chi connectivity index (χ0) is 22.8. The first-order valence-corrected chi connectivity index (χ1v) is 10.9. The molecule has 0 aliphatic carbocycles. The Labute approximate surface area is 190 Å². The highest BCUT2D eigenvalue weighted by Gasteiger charge is 2.30. The molecule has 0 saturated heterocycles. The molecule has 3 aromatic carbocycles. The molecule has 0 aliphatic heterocycles. The Morgan fingerprint density at radius 3 is 2.09 bits per heavy atom. The van der Waals surface area contributed by atoms with Crippen molar-refractivity contribution in [3.05, 3.63) is 102 Å². The van der Waals surface area contributed by atoms with Crippen LogP contribution in [0, 0.1) is 0 Å². The minimum atomic E-state index is -0.695. The van der Waals surface area contributed by atoms with Gasteiger partial charge in [-0.25, -0.2) is 0 Å². The number of rotatable bonds is 10. The predicted molar refractivity (Wildman–Crippen MR) is 126 cm³/mol. The van der Waals surface area contributed by atoms with E-state index in [1.807, 2.05) is 91.9 Å². The SMILES string of the molecule is CCC(=O)N(Cc1ccccc1)[C@H](C(=O)NCCc1ccc(OC)cc1)c1ccccc1. The van der Waals surface area contributed by atoms with E-state index in [0.29, 0.717) is 25.9 Å². The van der Waals surface area contributed by atoms with Gasteiger partial charge in [0, 0.05) is 19.5 Å². The molecular formula is C27H30N2O3. The predicted octanol–water partition coefficient (Wildman–Crippen LogP) is 4.53. The molecule has 1 atom stereocenters. The van der Waals surface area contributed by atoms with Crippen molar-refractivity contribution in [3.8, 4) is 5.75 Å². The largest absolute Gasteiger partial charge is 0.497 e. The Kier molecular flexibility index (Phi) is 8.44. The Balaban J connectivity index is 1.78. The van der Waals surface area contributed by atoms with Gasteiger partial charge in [0.25, 0.3) is 0 Å². The number of hydrogen-bond acceptors (Lipinski definition) is 3. The third kappa shape index (κ3) is 6.20. The molecule has 5 heteroatoms. The molecule has 0 fully saturated rings. The van der Waals surface area contributed by atoms with Crippen LogP contribution in [-0.2, 0) is 22.6 Å². The van der Waals surface area contributed by atoms with Crippen molar-refractivity contribution in [1.29, 1.82) is 0 Å². The van der Waals surface area contributed by atoms with E-state index in [-0.39, 0.29) is 11.8 Å². The minimum Gasteiger partial charge on any atom is -0.497 e. The van der Waals surface area contributed by atoms with E-state index in [2.05, 4.69) is 5.32 Å². The number of methoxy groups -OCH3 is 1. The lowest BCUT2D eigenvalue weighted by atomic mass is 10.0. The molecule has 0 unspecified atom stereocenters. The number of ether oxygens (including phenoxy) is 1. The molecule has 0 spiro atoms. The zero-order valence-electron chi connectivity index (χ0n) is 18.7. The van der Waals surface area contributed by atoms with Crippen LogP contribution < -0.4 is 10.1 Å². The average molecular weight is 431 g/mol. The second-order valence-corrected chi connectivity index (χ2v) is 7.56. The maximum absolute atomic E-state index is 13.4. The smallest absolute Gasteiger partial charge is 0.247 e. The van der Waals surface area contributed by atoms with Gasteiger partial charge in [-0.1, -0.05) is 79.7 Å². The second-order valence-electron chi connectivity index (χ2n) is 7.56. The summed E-state index contributed by atoms with van der Waals surface area (Å²) in [4.78, 5) is 28.0. The summed E-state index contributed by atoms with van der Waals surface area (Å²) in [5.41, 5.74) is 2.89. The number of carbonyl (C=O) groups excluding carboxylic acids is 2. The summed E-state index contributed by atoms with van der Waals surface area (Å²) in [7, 11) is 1.64. The van der Waals surface area contributed by atoms with E-state index in [1.54, 1.807) is 12.0 Å². The summed E-state index contributed by atoms with van der Waals surface area (Å²) in [5, 5.41) is 3.04. The summed E-state index contributed by atoms with van der Waals surface area (Å²) in [6.45, 7) is 2.68. The summed E-state index contributed by atoms with van der Waals surface area (Å²) in [5.74, 6) is 0.562. The van der Waals surface area contributed by atoms with Crippen molar-refractivity contribution in [2.75, 3.05) is 13.7 Å². The Bertz CT molecular complexity index is 988. The van der Waals surface area contributed by atoms with Crippen molar-refractivity contribution < 1.29 is 14.3 Å². The van der Waals surface area contributed by atoms with E-state index in [4.69, 9.17) is 4.74 Å². The van der Waals surface area contributed by atoms with Crippen LogP contribution in [0.4, 0.5) is 0 Å². The molecule has 166 valence electrons. The fourth-order valence-corrected chi connectivity index (χ4v) is 3.63. The van der Waals surface area contributed by atoms with E-state index in [9.17, 15) is 9.59 Å². The van der Waals surface area contributed by atoms with Gasteiger partial charge in [0.15, 0.2) is 0 Å². The second kappa shape index (κ2) is 11.7. The Morgan fingerprint density at radius 1 is 0.875 bits per heavy atom. The lowest BCUT2D eigenvalue weighted by molar-refractivity contribution is -0.141. The lowest BCUT2D eigenvalue weighted by Gasteiger charge is -2.31. The molecule has 0 saturated carbocycles. The fourth-order valence-electron chi connectivity index (χ4n) is 3.63. The van der Waals surface area contributed by atoms with Gasteiger partial charge in [0.2, 0.25) is 11.8 Å². The van der Waals surface area contributed by atoms with Gasteiger partial charge in [-0.3, -0.25) is 9.59 Å². The van der Waals surface area contributed by atoms with Crippen LogP contribution in [0.1, 0.15) is 36.1 Å². The van der Waals surface area contributed by atoms with Crippen LogP contribution in [0.5, 0.6) is 5.75 Å². The highest BCUT2D eigenvalue weighted by molar-refractivity contribution is 5.88. The average Bonchev–Trinajstić information content (AvgIpc) is 2.85. The number of hydrogen-bond donors (Lipinski definition) is 1. The van der Waals surface area contributed by atoms with Crippen molar-refractivity contribution in [3.63, 3.8) is 0 Å². The van der Waals surface area contributed by atoms with E-state index < -0.39 is 6.04 Å². The quantitative estimate of drug-likeness (QED) is 0.514. The monoisotopic (exact) mass is 430 g/mol. The van der Waals surface area contributed by atoms with E-state index in [1.165, 1.54) is 0 Å². The molecule has 3 aromatic rings. The molecule has 0 heterocycles. The number of nitrogens with zero attached hydrogens (tertiary/aromatic N) is 1. The Hall–Kier alpha value is -3.60. The first-order valence-electron chi connectivity index (χ1n) is 10.9. The summed E-state index contributed by atoms with van der Waals surface area (Å²) in [6, 6.07) is 26.4. The maximum atomic E-state index is 13.4. The topological polar surface area (TPSA) is 58.6 Å². The lowest BCUT2D eigenvalue weighted by Crippen LogP contribution is -2.43. The first-order chi connectivity index (χ1) is 15.6. The van der Waals surface area contributed by atoms with Gasteiger partial charge < -0.3 is 15.0 Å². The van der Waals surface area contributed by atoms with Crippen LogP contribution >= 0.6 is 0 Å². The van der Waals surface area contributed by atoms with Gasteiger partial charge >= 0.3 is 0 Å². The zero-order valence-corrected chi connectivity index (χ0v) is 18.7. The van der Waals surface area contributed by atoms with Gasteiger partial charge in [0.1, 0.15) is 11.8 Å². The highest BCUT2D eigenvalue weighted by Crippen LogP contribution is 2.24. The molecule has 3 rings (SSSR count). The number of carbonyl (C=O) groups is 2. The van der Waals surface area contributed by atoms with Gasteiger partial charge in [-0.2, -0.15) is 0 Å². The van der Waals surface area contributed by atoms with Crippen LogP contribution in [0.2, 0.25) is 0 Å². The van der Waals surface area contributed by atoms with Crippen LogP contribution in [0.3, 0.4) is 0 Å². The molecule has 2 amide bonds. The number of amides is 2. The van der Waals surface area contributed by atoms with Crippen LogP contribution in [0.25, 0.3) is 0 Å². The van der Waals surface area contributed by atoms with Crippen LogP contribution in [-0.4, -0.2) is 30.4 Å². The Morgan fingerprint density at radius 2 is 1.50 bits per heavy atom. The molecule has 5 nitrogen and oxygen atoms in total. The van der Waals surface area contributed by atoms with Gasteiger partial charge in [-0.15, -0.1) is 0 Å². The maximum Gasteiger partial charge on any atom is 0.247 e. The molecule has 0 bridgehead atoms. The normalized spacial score (nSPS) is 11.4. The van der Waals surface area contributed by atoms with E-state index >= 15 is 0 Å². The summed E-state index contributed by atoms with van der Waals surface area (Å²) in [6.07, 6.45) is 1.02. The van der Waals surface area contributed by atoms with Gasteiger partial charge in [0.05, 0.1) is 7.11 Å². The molecule has 0 aliphatic rings. The molecule has 0 aromatic heterocycles. The van der Waals surface area contributed by atoms with Crippen molar-refractivity contribution in [2.24, 2.45) is 0 Å². The van der Waals surface area contributed by atoms with E-state index in [0.717, 1.165) is 22.4 Å².